The lowest BCUT2D eigenvalue weighted by atomic mass is 10.2. The van der Waals surface area contributed by atoms with E-state index in [0.29, 0.717) is 22.9 Å². The van der Waals surface area contributed by atoms with Crippen molar-refractivity contribution in [2.45, 2.75) is 6.54 Å². The van der Waals surface area contributed by atoms with Crippen LogP contribution in [-0.2, 0) is 6.54 Å². The van der Waals surface area contributed by atoms with Crippen LogP contribution < -0.4 is 0 Å². The van der Waals surface area contributed by atoms with Crippen molar-refractivity contribution in [3.63, 3.8) is 0 Å². The molecular formula is C21H14Cl3N3O. The second kappa shape index (κ2) is 7.84. The molecule has 0 unspecified atom stereocenters. The quantitative estimate of drug-likeness (QED) is 0.330. The SMILES string of the molecule is Oc1c(N=Nc2c(Cl)cc(Cl)cc2Cl)c2ccccc2n1Cc1ccccc1. The summed E-state index contributed by atoms with van der Waals surface area (Å²) in [6.45, 7) is 0.505. The summed E-state index contributed by atoms with van der Waals surface area (Å²) in [5.74, 6) is 0.0232. The van der Waals surface area contributed by atoms with Crippen molar-refractivity contribution >= 4 is 57.1 Å². The first-order valence-corrected chi connectivity index (χ1v) is 9.58. The molecule has 4 nitrogen and oxygen atoms in total. The van der Waals surface area contributed by atoms with Crippen molar-refractivity contribution in [3.8, 4) is 5.88 Å². The molecule has 1 N–H and O–H groups in total. The zero-order valence-electron chi connectivity index (χ0n) is 14.5. The van der Waals surface area contributed by atoms with E-state index in [-0.39, 0.29) is 15.9 Å². The molecule has 1 heterocycles. The molecule has 0 saturated carbocycles. The number of halogens is 3. The van der Waals surface area contributed by atoms with Gasteiger partial charge in [-0.2, -0.15) is 0 Å². The zero-order chi connectivity index (χ0) is 19.7. The molecule has 28 heavy (non-hydrogen) atoms. The topological polar surface area (TPSA) is 49.9 Å². The molecule has 0 amide bonds. The predicted molar refractivity (Wildman–Crippen MR) is 115 cm³/mol. The Balaban J connectivity index is 1.81. The van der Waals surface area contributed by atoms with E-state index in [9.17, 15) is 5.11 Å². The molecule has 0 saturated heterocycles. The number of fused-ring (bicyclic) bond motifs is 1. The number of rotatable bonds is 4. The van der Waals surface area contributed by atoms with Gasteiger partial charge < -0.3 is 9.67 Å². The molecule has 0 radical (unpaired) electrons. The fourth-order valence-corrected chi connectivity index (χ4v) is 3.92. The average molecular weight is 431 g/mol. The average Bonchev–Trinajstić information content (AvgIpc) is 2.94. The van der Waals surface area contributed by atoms with E-state index in [0.717, 1.165) is 16.5 Å². The van der Waals surface area contributed by atoms with E-state index in [1.807, 2.05) is 54.6 Å². The van der Waals surface area contributed by atoms with Crippen molar-refractivity contribution in [1.29, 1.82) is 0 Å². The van der Waals surface area contributed by atoms with E-state index in [2.05, 4.69) is 10.2 Å². The van der Waals surface area contributed by atoms with Gasteiger partial charge in [-0.25, -0.2) is 0 Å². The van der Waals surface area contributed by atoms with Gasteiger partial charge in [0.2, 0.25) is 5.88 Å². The highest BCUT2D eigenvalue weighted by molar-refractivity contribution is 6.41. The van der Waals surface area contributed by atoms with E-state index < -0.39 is 0 Å². The maximum Gasteiger partial charge on any atom is 0.221 e. The molecule has 0 fully saturated rings. The lowest BCUT2D eigenvalue weighted by Crippen LogP contribution is -1.98. The van der Waals surface area contributed by atoms with Crippen molar-refractivity contribution in [3.05, 3.63) is 87.4 Å². The molecule has 7 heteroatoms. The Morgan fingerprint density at radius 2 is 1.39 bits per heavy atom. The van der Waals surface area contributed by atoms with Gasteiger partial charge in [-0.15, -0.1) is 10.2 Å². The normalized spacial score (nSPS) is 11.5. The van der Waals surface area contributed by atoms with Crippen molar-refractivity contribution in [2.75, 3.05) is 0 Å². The van der Waals surface area contributed by atoms with Crippen LogP contribution >= 0.6 is 34.8 Å². The largest absolute Gasteiger partial charge is 0.493 e. The van der Waals surface area contributed by atoms with E-state index in [1.165, 1.54) is 0 Å². The van der Waals surface area contributed by atoms with Crippen LogP contribution in [0.4, 0.5) is 11.4 Å². The minimum atomic E-state index is 0.0232. The van der Waals surface area contributed by atoms with Gasteiger partial charge in [-0.3, -0.25) is 0 Å². The van der Waals surface area contributed by atoms with Gasteiger partial charge in [0.25, 0.3) is 0 Å². The molecular weight excluding hydrogens is 417 g/mol. The number of azo groups is 1. The van der Waals surface area contributed by atoms with Crippen LogP contribution in [0.25, 0.3) is 10.9 Å². The summed E-state index contributed by atoms with van der Waals surface area (Å²) in [6.07, 6.45) is 0. The molecule has 0 aliphatic rings. The Morgan fingerprint density at radius 3 is 2.11 bits per heavy atom. The lowest BCUT2D eigenvalue weighted by Gasteiger charge is -2.07. The molecule has 0 aliphatic heterocycles. The molecule has 0 aliphatic carbocycles. The maximum absolute atomic E-state index is 10.9. The number of aromatic hydroxyl groups is 1. The molecule has 0 bridgehead atoms. The molecule has 4 aromatic rings. The highest BCUT2D eigenvalue weighted by atomic mass is 35.5. The summed E-state index contributed by atoms with van der Waals surface area (Å²) in [4.78, 5) is 0. The Labute approximate surface area is 176 Å². The lowest BCUT2D eigenvalue weighted by molar-refractivity contribution is 0.429. The van der Waals surface area contributed by atoms with Crippen LogP contribution in [0.5, 0.6) is 5.88 Å². The third-order valence-electron chi connectivity index (χ3n) is 4.33. The molecule has 0 spiro atoms. The van der Waals surface area contributed by atoms with Gasteiger partial charge in [0, 0.05) is 10.4 Å². The number of benzene rings is 3. The standard InChI is InChI=1S/C21H14Cl3N3O/c22-14-10-16(23)20(17(24)11-14)26-25-19-15-8-4-5-9-18(15)27(21(19)28)12-13-6-2-1-3-7-13/h1-11,28H,12H2. The van der Waals surface area contributed by atoms with Gasteiger partial charge >= 0.3 is 0 Å². The molecule has 140 valence electrons. The first kappa shape index (κ1) is 18.8. The van der Waals surface area contributed by atoms with Gasteiger partial charge in [0.05, 0.1) is 22.1 Å². The highest BCUT2D eigenvalue weighted by Gasteiger charge is 2.17. The fourth-order valence-electron chi connectivity index (χ4n) is 3.03. The molecule has 1 aromatic heterocycles. The highest BCUT2D eigenvalue weighted by Crippen LogP contribution is 2.42. The summed E-state index contributed by atoms with van der Waals surface area (Å²) in [7, 11) is 0. The number of nitrogens with zero attached hydrogens (tertiary/aromatic N) is 3. The summed E-state index contributed by atoms with van der Waals surface area (Å²) in [5.41, 5.74) is 2.57. The van der Waals surface area contributed by atoms with E-state index in [1.54, 1.807) is 16.7 Å². The number of hydrogen-bond acceptors (Lipinski definition) is 3. The summed E-state index contributed by atoms with van der Waals surface area (Å²) < 4.78 is 1.80. The molecule has 4 rings (SSSR count). The minimum Gasteiger partial charge on any atom is -0.493 e. The van der Waals surface area contributed by atoms with Crippen LogP contribution in [0.2, 0.25) is 15.1 Å². The molecule has 3 aromatic carbocycles. The van der Waals surface area contributed by atoms with Crippen molar-refractivity contribution < 1.29 is 5.11 Å². The third kappa shape index (κ3) is 3.59. The third-order valence-corrected chi connectivity index (χ3v) is 5.13. The minimum absolute atomic E-state index is 0.0232. The Kier molecular flexibility index (Phi) is 5.27. The second-order valence-corrected chi connectivity index (χ2v) is 7.43. The van der Waals surface area contributed by atoms with E-state index in [4.69, 9.17) is 34.8 Å². The van der Waals surface area contributed by atoms with Crippen LogP contribution in [0.15, 0.2) is 77.0 Å². The Hall–Kier alpha value is -2.53. The smallest absolute Gasteiger partial charge is 0.221 e. The summed E-state index contributed by atoms with van der Waals surface area (Å²) in [6, 6.07) is 20.6. The monoisotopic (exact) mass is 429 g/mol. The first-order chi connectivity index (χ1) is 13.5. The Bertz CT molecular complexity index is 1160. The van der Waals surface area contributed by atoms with Crippen LogP contribution in [0.1, 0.15) is 5.56 Å². The maximum atomic E-state index is 10.9. The van der Waals surface area contributed by atoms with E-state index >= 15 is 0 Å². The van der Waals surface area contributed by atoms with Crippen molar-refractivity contribution in [1.82, 2.24) is 4.57 Å². The predicted octanol–water partition coefficient (Wildman–Crippen LogP) is 7.77. The second-order valence-electron chi connectivity index (χ2n) is 6.18. The fraction of sp³-hybridized carbons (Fsp3) is 0.0476. The van der Waals surface area contributed by atoms with Crippen LogP contribution in [0.3, 0.4) is 0 Å². The van der Waals surface area contributed by atoms with Gasteiger partial charge in [-0.1, -0.05) is 83.3 Å². The van der Waals surface area contributed by atoms with Crippen LogP contribution in [0, 0.1) is 0 Å². The van der Waals surface area contributed by atoms with Gasteiger partial charge in [-0.05, 0) is 23.8 Å². The Morgan fingerprint density at radius 1 is 0.786 bits per heavy atom. The number of hydrogen-bond donors (Lipinski definition) is 1. The molecule has 0 atom stereocenters. The number of aromatic nitrogens is 1. The van der Waals surface area contributed by atoms with Crippen LogP contribution in [-0.4, -0.2) is 9.67 Å². The van der Waals surface area contributed by atoms with Gasteiger partial charge in [0.15, 0.2) is 5.69 Å². The number of para-hydroxylation sites is 1. The van der Waals surface area contributed by atoms with Crippen molar-refractivity contribution in [2.24, 2.45) is 10.2 Å². The summed E-state index contributed by atoms with van der Waals surface area (Å²) >= 11 is 18.3. The zero-order valence-corrected chi connectivity index (χ0v) is 16.7. The van der Waals surface area contributed by atoms with Gasteiger partial charge in [0.1, 0.15) is 5.69 Å². The first-order valence-electron chi connectivity index (χ1n) is 8.45. The summed E-state index contributed by atoms with van der Waals surface area (Å²) in [5, 5.41) is 21.1.